The van der Waals surface area contributed by atoms with Crippen molar-refractivity contribution in [2.24, 2.45) is 0 Å². The molecular weight excluding hydrogens is 317 g/mol. The van der Waals surface area contributed by atoms with E-state index in [1.54, 1.807) is 36.4 Å². The Balaban J connectivity index is 1.77. The molecule has 6 heteroatoms. The highest BCUT2D eigenvalue weighted by Gasteiger charge is 2.28. The summed E-state index contributed by atoms with van der Waals surface area (Å²) in [7, 11) is -3.13. The molecule has 0 saturated carbocycles. The van der Waals surface area contributed by atoms with Gasteiger partial charge in [-0.25, -0.2) is 12.8 Å². The third-order valence-electron chi connectivity index (χ3n) is 3.88. The summed E-state index contributed by atoms with van der Waals surface area (Å²) >= 11 is 0. The van der Waals surface area contributed by atoms with Gasteiger partial charge in [0.25, 0.3) is 0 Å². The standard InChI is InChI=1S/C17H18FNO3S/c18-14-3-7-16(8-4-14)22-15-5-1-13(2-6-15)17-9-10-19-11-12-23(17,20)21/h1-8,17,19H,9-12H2. The van der Waals surface area contributed by atoms with Gasteiger partial charge in [0.1, 0.15) is 17.3 Å². The molecule has 1 N–H and O–H groups in total. The maximum absolute atomic E-state index is 12.9. The zero-order valence-electron chi connectivity index (χ0n) is 12.5. The van der Waals surface area contributed by atoms with Crippen LogP contribution in [0.15, 0.2) is 48.5 Å². The van der Waals surface area contributed by atoms with Crippen molar-refractivity contribution in [2.45, 2.75) is 11.7 Å². The van der Waals surface area contributed by atoms with Crippen LogP contribution in [0, 0.1) is 5.82 Å². The monoisotopic (exact) mass is 335 g/mol. The highest BCUT2D eigenvalue weighted by Crippen LogP contribution is 2.30. The van der Waals surface area contributed by atoms with Crippen LogP contribution >= 0.6 is 0 Å². The van der Waals surface area contributed by atoms with Gasteiger partial charge in [0.05, 0.1) is 11.0 Å². The van der Waals surface area contributed by atoms with Crippen molar-refractivity contribution in [3.63, 3.8) is 0 Å². The largest absolute Gasteiger partial charge is 0.457 e. The maximum Gasteiger partial charge on any atom is 0.158 e. The molecule has 0 aliphatic carbocycles. The van der Waals surface area contributed by atoms with Gasteiger partial charge in [-0.05, 0) is 54.9 Å². The summed E-state index contributed by atoms with van der Waals surface area (Å²) < 4.78 is 43.1. The first-order valence-electron chi connectivity index (χ1n) is 7.50. The molecule has 23 heavy (non-hydrogen) atoms. The molecular formula is C17H18FNO3S. The Kier molecular flexibility index (Phi) is 4.63. The molecule has 1 fully saturated rings. The lowest BCUT2D eigenvalue weighted by molar-refractivity contribution is 0.480. The first kappa shape index (κ1) is 16.0. The molecule has 2 aromatic rings. The van der Waals surface area contributed by atoms with E-state index in [1.165, 1.54) is 12.1 Å². The predicted octanol–water partition coefficient (Wildman–Crippen LogP) is 3.07. The van der Waals surface area contributed by atoms with E-state index < -0.39 is 15.1 Å². The van der Waals surface area contributed by atoms with Crippen molar-refractivity contribution >= 4 is 9.84 Å². The summed E-state index contributed by atoms with van der Waals surface area (Å²) in [4.78, 5) is 0. The summed E-state index contributed by atoms with van der Waals surface area (Å²) in [6.07, 6.45) is 0.570. The Morgan fingerprint density at radius 2 is 1.57 bits per heavy atom. The van der Waals surface area contributed by atoms with Gasteiger partial charge < -0.3 is 10.1 Å². The molecule has 0 radical (unpaired) electrons. The van der Waals surface area contributed by atoms with E-state index >= 15 is 0 Å². The SMILES string of the molecule is O=S1(=O)CCNCCC1c1ccc(Oc2ccc(F)cc2)cc1. The van der Waals surface area contributed by atoms with E-state index in [2.05, 4.69) is 5.32 Å². The maximum atomic E-state index is 12.9. The van der Waals surface area contributed by atoms with Crippen LogP contribution in [0.5, 0.6) is 11.5 Å². The summed E-state index contributed by atoms with van der Waals surface area (Å²) in [5.74, 6) is 0.959. The second-order valence-electron chi connectivity index (χ2n) is 5.52. The number of nitrogens with one attached hydrogen (secondary N) is 1. The molecule has 0 spiro atoms. The van der Waals surface area contributed by atoms with E-state index in [9.17, 15) is 12.8 Å². The van der Waals surface area contributed by atoms with Gasteiger partial charge in [0.15, 0.2) is 9.84 Å². The quantitative estimate of drug-likeness (QED) is 0.937. The molecule has 4 nitrogen and oxygen atoms in total. The molecule has 1 atom stereocenters. The van der Waals surface area contributed by atoms with Gasteiger partial charge in [-0.2, -0.15) is 0 Å². The van der Waals surface area contributed by atoms with Gasteiger partial charge in [-0.3, -0.25) is 0 Å². The minimum absolute atomic E-state index is 0.158. The van der Waals surface area contributed by atoms with Gasteiger partial charge >= 0.3 is 0 Å². The molecule has 122 valence electrons. The zero-order valence-corrected chi connectivity index (χ0v) is 13.4. The lowest BCUT2D eigenvalue weighted by Crippen LogP contribution is -2.19. The summed E-state index contributed by atoms with van der Waals surface area (Å²) in [5.41, 5.74) is 0.778. The lowest BCUT2D eigenvalue weighted by atomic mass is 10.1. The van der Waals surface area contributed by atoms with Crippen LogP contribution in [0.1, 0.15) is 17.2 Å². The van der Waals surface area contributed by atoms with E-state index in [0.29, 0.717) is 31.0 Å². The summed E-state index contributed by atoms with van der Waals surface area (Å²) in [6, 6.07) is 12.8. The average Bonchev–Trinajstić information content (AvgIpc) is 2.71. The van der Waals surface area contributed by atoms with Crippen molar-refractivity contribution < 1.29 is 17.5 Å². The first-order valence-corrected chi connectivity index (χ1v) is 9.22. The van der Waals surface area contributed by atoms with Crippen molar-refractivity contribution in [3.05, 3.63) is 59.9 Å². The van der Waals surface area contributed by atoms with Crippen LogP contribution in [0.4, 0.5) is 4.39 Å². The highest BCUT2D eigenvalue weighted by atomic mass is 32.2. The van der Waals surface area contributed by atoms with Crippen LogP contribution in [0.3, 0.4) is 0 Å². The Morgan fingerprint density at radius 3 is 2.22 bits per heavy atom. The topological polar surface area (TPSA) is 55.4 Å². The van der Waals surface area contributed by atoms with E-state index in [4.69, 9.17) is 4.74 Å². The fourth-order valence-electron chi connectivity index (χ4n) is 2.66. The van der Waals surface area contributed by atoms with Crippen LogP contribution in [-0.2, 0) is 9.84 Å². The number of halogens is 1. The number of hydrogen-bond acceptors (Lipinski definition) is 4. The minimum atomic E-state index is -3.13. The van der Waals surface area contributed by atoms with Crippen LogP contribution in [0.25, 0.3) is 0 Å². The second-order valence-corrected chi connectivity index (χ2v) is 7.82. The Hall–Kier alpha value is -1.92. The van der Waals surface area contributed by atoms with E-state index in [0.717, 1.165) is 5.56 Å². The number of sulfone groups is 1. The molecule has 1 aliphatic heterocycles. The third kappa shape index (κ3) is 3.89. The van der Waals surface area contributed by atoms with Crippen LogP contribution < -0.4 is 10.1 Å². The van der Waals surface area contributed by atoms with Crippen LogP contribution in [0.2, 0.25) is 0 Å². The fourth-order valence-corrected chi connectivity index (χ4v) is 4.42. The third-order valence-corrected chi connectivity index (χ3v) is 6.03. The molecule has 1 aliphatic rings. The smallest absolute Gasteiger partial charge is 0.158 e. The van der Waals surface area contributed by atoms with Crippen molar-refractivity contribution in [2.75, 3.05) is 18.8 Å². The van der Waals surface area contributed by atoms with Crippen molar-refractivity contribution in [3.8, 4) is 11.5 Å². The highest BCUT2D eigenvalue weighted by molar-refractivity contribution is 7.91. The van der Waals surface area contributed by atoms with Crippen LogP contribution in [-0.4, -0.2) is 27.3 Å². The molecule has 0 aromatic heterocycles. The Bertz CT molecular complexity index is 757. The molecule has 3 rings (SSSR count). The number of benzene rings is 2. The molecule has 1 heterocycles. The van der Waals surface area contributed by atoms with Gasteiger partial charge in [0, 0.05) is 6.54 Å². The summed E-state index contributed by atoms with van der Waals surface area (Å²) in [6.45, 7) is 1.20. The number of rotatable bonds is 3. The fraction of sp³-hybridized carbons (Fsp3) is 0.294. The average molecular weight is 335 g/mol. The van der Waals surface area contributed by atoms with E-state index in [1.807, 2.05) is 0 Å². The first-order chi connectivity index (χ1) is 11.0. The number of hydrogen-bond donors (Lipinski definition) is 1. The number of ether oxygens (including phenoxy) is 1. The Labute approximate surface area is 135 Å². The lowest BCUT2D eigenvalue weighted by Gasteiger charge is -2.15. The molecule has 1 unspecified atom stereocenters. The molecule has 0 bridgehead atoms. The molecule has 2 aromatic carbocycles. The molecule has 0 amide bonds. The van der Waals surface area contributed by atoms with Gasteiger partial charge in [-0.1, -0.05) is 12.1 Å². The Morgan fingerprint density at radius 1 is 0.957 bits per heavy atom. The van der Waals surface area contributed by atoms with Crippen molar-refractivity contribution in [1.82, 2.24) is 5.32 Å². The second kappa shape index (κ2) is 6.68. The zero-order chi connectivity index (χ0) is 16.3. The van der Waals surface area contributed by atoms with Gasteiger partial charge in [-0.15, -0.1) is 0 Å². The van der Waals surface area contributed by atoms with Gasteiger partial charge in [0.2, 0.25) is 0 Å². The van der Waals surface area contributed by atoms with Crippen molar-refractivity contribution in [1.29, 1.82) is 0 Å². The predicted molar refractivity (Wildman–Crippen MR) is 86.9 cm³/mol. The summed E-state index contributed by atoms with van der Waals surface area (Å²) in [5, 5.41) is 2.64. The minimum Gasteiger partial charge on any atom is -0.457 e. The van der Waals surface area contributed by atoms with E-state index in [-0.39, 0.29) is 11.6 Å². The molecule has 1 saturated heterocycles. The normalized spacial score (nSPS) is 20.7.